The molecule has 0 fully saturated rings. The van der Waals surface area contributed by atoms with E-state index >= 15 is 0 Å². The fourth-order valence-corrected chi connectivity index (χ4v) is 1.38. The van der Waals surface area contributed by atoms with Crippen LogP contribution in [-0.2, 0) is 0 Å². The van der Waals surface area contributed by atoms with E-state index in [4.69, 9.17) is 22.1 Å². The molecule has 2 nitrogen and oxygen atoms in total. The van der Waals surface area contributed by atoms with Gasteiger partial charge in [-0.2, -0.15) is 0 Å². The third-order valence-corrected chi connectivity index (χ3v) is 2.14. The standard InChI is InChI=1S/C10H12ClF2NO/c1-2-15-8-4-3-6(11)5-7(8)9(14)10(12)13/h3-5,9-10H,2,14H2,1H3. The molecule has 15 heavy (non-hydrogen) atoms. The monoisotopic (exact) mass is 235 g/mol. The van der Waals surface area contributed by atoms with Crippen molar-refractivity contribution in [3.8, 4) is 5.75 Å². The predicted octanol–water partition coefficient (Wildman–Crippen LogP) is 3.00. The van der Waals surface area contributed by atoms with Crippen molar-refractivity contribution in [3.05, 3.63) is 28.8 Å². The Balaban J connectivity index is 3.06. The van der Waals surface area contributed by atoms with Crippen molar-refractivity contribution < 1.29 is 13.5 Å². The van der Waals surface area contributed by atoms with Crippen LogP contribution in [0.15, 0.2) is 18.2 Å². The summed E-state index contributed by atoms with van der Waals surface area (Å²) in [7, 11) is 0. The Morgan fingerprint density at radius 3 is 2.67 bits per heavy atom. The van der Waals surface area contributed by atoms with Gasteiger partial charge in [0.15, 0.2) is 0 Å². The molecule has 1 aromatic rings. The Kier molecular flexibility index (Phi) is 4.29. The van der Waals surface area contributed by atoms with Gasteiger partial charge in [-0.15, -0.1) is 0 Å². The lowest BCUT2D eigenvalue weighted by Gasteiger charge is -2.16. The second-order valence-electron chi connectivity index (χ2n) is 2.98. The molecule has 1 rings (SSSR count). The first kappa shape index (κ1) is 12.2. The fourth-order valence-electron chi connectivity index (χ4n) is 1.20. The lowest BCUT2D eigenvalue weighted by Crippen LogP contribution is -2.20. The maximum absolute atomic E-state index is 12.4. The number of nitrogens with two attached hydrogens (primary N) is 1. The number of alkyl halides is 2. The van der Waals surface area contributed by atoms with E-state index < -0.39 is 12.5 Å². The van der Waals surface area contributed by atoms with E-state index in [2.05, 4.69) is 0 Å². The second-order valence-corrected chi connectivity index (χ2v) is 3.41. The molecule has 2 N–H and O–H groups in total. The number of benzene rings is 1. The molecule has 1 atom stereocenters. The van der Waals surface area contributed by atoms with Gasteiger partial charge in [0, 0.05) is 10.6 Å². The Labute approximate surface area is 92.0 Å². The Morgan fingerprint density at radius 2 is 2.13 bits per heavy atom. The third kappa shape index (κ3) is 3.04. The summed E-state index contributed by atoms with van der Waals surface area (Å²) in [5.74, 6) is 0.356. The summed E-state index contributed by atoms with van der Waals surface area (Å²) in [5, 5.41) is 0.365. The van der Waals surface area contributed by atoms with E-state index in [0.29, 0.717) is 17.4 Å². The molecular formula is C10H12ClF2NO. The van der Waals surface area contributed by atoms with Crippen LogP contribution in [0.3, 0.4) is 0 Å². The molecule has 1 unspecified atom stereocenters. The maximum atomic E-state index is 12.4. The molecule has 0 saturated heterocycles. The molecule has 0 heterocycles. The van der Waals surface area contributed by atoms with Gasteiger partial charge in [-0.05, 0) is 25.1 Å². The van der Waals surface area contributed by atoms with E-state index in [1.807, 2.05) is 0 Å². The van der Waals surface area contributed by atoms with Crippen molar-refractivity contribution in [2.45, 2.75) is 19.4 Å². The minimum Gasteiger partial charge on any atom is -0.494 e. The average Bonchev–Trinajstić information content (AvgIpc) is 2.20. The number of hydrogen-bond acceptors (Lipinski definition) is 2. The summed E-state index contributed by atoms with van der Waals surface area (Å²) in [4.78, 5) is 0. The molecule has 0 amide bonds. The summed E-state index contributed by atoms with van der Waals surface area (Å²) < 4.78 is 30.1. The zero-order chi connectivity index (χ0) is 11.4. The summed E-state index contributed by atoms with van der Waals surface area (Å²) in [6.45, 7) is 2.16. The molecule has 0 saturated carbocycles. The van der Waals surface area contributed by atoms with Gasteiger partial charge in [-0.1, -0.05) is 11.6 Å². The van der Waals surface area contributed by atoms with Gasteiger partial charge in [-0.3, -0.25) is 0 Å². The van der Waals surface area contributed by atoms with E-state index in [9.17, 15) is 8.78 Å². The highest BCUT2D eigenvalue weighted by molar-refractivity contribution is 6.30. The van der Waals surface area contributed by atoms with E-state index in [-0.39, 0.29) is 5.56 Å². The van der Waals surface area contributed by atoms with Crippen LogP contribution in [0.2, 0.25) is 5.02 Å². The highest BCUT2D eigenvalue weighted by Crippen LogP contribution is 2.30. The minimum atomic E-state index is -2.64. The Hall–Kier alpha value is -0.870. The number of hydrogen-bond donors (Lipinski definition) is 1. The summed E-state index contributed by atoms with van der Waals surface area (Å²) in [6, 6.07) is 3.16. The SMILES string of the molecule is CCOc1ccc(Cl)cc1C(N)C(F)F. The largest absolute Gasteiger partial charge is 0.494 e. The fraction of sp³-hybridized carbons (Fsp3) is 0.400. The normalized spacial score (nSPS) is 12.9. The first-order valence-corrected chi connectivity index (χ1v) is 4.90. The van der Waals surface area contributed by atoms with E-state index in [1.165, 1.54) is 6.07 Å². The van der Waals surface area contributed by atoms with Crippen LogP contribution < -0.4 is 10.5 Å². The van der Waals surface area contributed by atoms with Crippen LogP contribution in [-0.4, -0.2) is 13.0 Å². The van der Waals surface area contributed by atoms with Crippen LogP contribution >= 0.6 is 11.6 Å². The van der Waals surface area contributed by atoms with Gasteiger partial charge < -0.3 is 10.5 Å². The van der Waals surface area contributed by atoms with Crippen LogP contribution in [0, 0.1) is 0 Å². The molecule has 1 aromatic carbocycles. The number of rotatable bonds is 4. The first-order chi connectivity index (χ1) is 7.06. The number of halogens is 3. The lowest BCUT2D eigenvalue weighted by molar-refractivity contribution is 0.114. The van der Waals surface area contributed by atoms with Crippen molar-refractivity contribution in [2.24, 2.45) is 5.73 Å². The van der Waals surface area contributed by atoms with Crippen molar-refractivity contribution in [1.29, 1.82) is 0 Å². The van der Waals surface area contributed by atoms with Crippen LogP contribution in [0.1, 0.15) is 18.5 Å². The van der Waals surface area contributed by atoms with Gasteiger partial charge in [0.1, 0.15) is 5.75 Å². The molecule has 0 spiro atoms. The molecule has 0 bridgehead atoms. The topological polar surface area (TPSA) is 35.2 Å². The zero-order valence-electron chi connectivity index (χ0n) is 8.21. The third-order valence-electron chi connectivity index (χ3n) is 1.90. The molecule has 5 heteroatoms. The van der Waals surface area contributed by atoms with Gasteiger partial charge in [0.25, 0.3) is 6.43 Å². The second kappa shape index (κ2) is 5.28. The highest BCUT2D eigenvalue weighted by atomic mass is 35.5. The summed E-state index contributed by atoms with van der Waals surface area (Å²) >= 11 is 5.71. The zero-order valence-corrected chi connectivity index (χ0v) is 8.97. The first-order valence-electron chi connectivity index (χ1n) is 4.52. The van der Waals surface area contributed by atoms with Gasteiger partial charge in [0.2, 0.25) is 0 Å². The summed E-state index contributed by atoms with van der Waals surface area (Å²) in [5.41, 5.74) is 5.58. The van der Waals surface area contributed by atoms with Crippen molar-refractivity contribution in [2.75, 3.05) is 6.61 Å². The molecule has 0 aliphatic carbocycles. The molecule has 84 valence electrons. The maximum Gasteiger partial charge on any atom is 0.257 e. The van der Waals surface area contributed by atoms with Crippen LogP contribution in [0.4, 0.5) is 8.78 Å². The van der Waals surface area contributed by atoms with Gasteiger partial charge in [0.05, 0.1) is 12.6 Å². The predicted molar refractivity (Wildman–Crippen MR) is 55.6 cm³/mol. The van der Waals surface area contributed by atoms with Crippen LogP contribution in [0.5, 0.6) is 5.75 Å². The molecule has 0 aliphatic rings. The van der Waals surface area contributed by atoms with Crippen LogP contribution in [0.25, 0.3) is 0 Å². The molecule has 0 aliphatic heterocycles. The Bertz CT molecular complexity index is 333. The van der Waals surface area contributed by atoms with E-state index in [1.54, 1.807) is 19.1 Å². The molecule has 0 aromatic heterocycles. The lowest BCUT2D eigenvalue weighted by atomic mass is 10.1. The van der Waals surface area contributed by atoms with Gasteiger partial charge >= 0.3 is 0 Å². The van der Waals surface area contributed by atoms with E-state index in [0.717, 1.165) is 0 Å². The summed E-state index contributed by atoms with van der Waals surface area (Å²) in [6.07, 6.45) is -2.64. The van der Waals surface area contributed by atoms with Gasteiger partial charge in [-0.25, -0.2) is 8.78 Å². The smallest absolute Gasteiger partial charge is 0.257 e. The number of ether oxygens (including phenoxy) is 1. The van der Waals surface area contributed by atoms with Crippen molar-refractivity contribution in [3.63, 3.8) is 0 Å². The quantitative estimate of drug-likeness (QED) is 0.871. The molecular weight excluding hydrogens is 224 g/mol. The molecule has 0 radical (unpaired) electrons. The van der Waals surface area contributed by atoms with Crippen molar-refractivity contribution >= 4 is 11.6 Å². The average molecular weight is 236 g/mol. The highest BCUT2D eigenvalue weighted by Gasteiger charge is 2.21. The van der Waals surface area contributed by atoms with Crippen molar-refractivity contribution in [1.82, 2.24) is 0 Å². The minimum absolute atomic E-state index is 0.236. The Morgan fingerprint density at radius 1 is 1.47 bits per heavy atom.